The van der Waals surface area contributed by atoms with E-state index in [9.17, 15) is 4.79 Å². The van der Waals surface area contributed by atoms with Crippen molar-refractivity contribution < 1.29 is 13.9 Å². The average Bonchev–Trinajstić information content (AvgIpc) is 3.57. The third-order valence-corrected chi connectivity index (χ3v) is 8.23. The smallest absolute Gasteiger partial charge is 0.245 e. The monoisotopic (exact) mass is 550 g/mol. The third-order valence-electron chi connectivity index (χ3n) is 8.23. The standard InChI is InChI=1S/C30H27FN8O2/c1-3-26(40)38-13-18-4-5-19(14-38)27(18)21-6-7-23-29(36-21)30(34-15-32-23)37-22-8-9-24(17(2)28(22)31)41-20-10-11-39-25(12-20)33-16-35-39/h3,6-12,15-16,18-19,27H,1,4-5,13-14H2,2H3,(H,32,34,37)/t18-,19+,27?. The van der Waals surface area contributed by atoms with Crippen molar-refractivity contribution in [2.75, 3.05) is 18.4 Å². The van der Waals surface area contributed by atoms with Crippen LogP contribution in [-0.4, -0.2) is 53.4 Å². The van der Waals surface area contributed by atoms with Crippen LogP contribution in [0, 0.1) is 24.6 Å². The molecule has 2 fully saturated rings. The first-order valence-corrected chi connectivity index (χ1v) is 13.5. The first kappa shape index (κ1) is 25.1. The van der Waals surface area contributed by atoms with Crippen molar-refractivity contribution in [2.45, 2.75) is 25.7 Å². The van der Waals surface area contributed by atoms with E-state index in [2.05, 4.69) is 31.9 Å². The first-order valence-electron chi connectivity index (χ1n) is 13.5. The van der Waals surface area contributed by atoms with Gasteiger partial charge in [-0.3, -0.25) is 4.79 Å². The topological polar surface area (TPSA) is 110 Å². The summed E-state index contributed by atoms with van der Waals surface area (Å²) in [6.07, 6.45) is 8.13. The fourth-order valence-electron chi connectivity index (χ4n) is 6.24. The van der Waals surface area contributed by atoms with Gasteiger partial charge in [0.2, 0.25) is 5.91 Å². The van der Waals surface area contributed by atoms with Crippen molar-refractivity contribution in [1.82, 2.24) is 34.4 Å². The molecule has 206 valence electrons. The molecular formula is C30H27FN8O2. The predicted molar refractivity (Wildman–Crippen MR) is 151 cm³/mol. The van der Waals surface area contributed by atoms with Crippen LogP contribution in [0.4, 0.5) is 15.9 Å². The number of amides is 1. The number of hydrogen-bond acceptors (Lipinski definition) is 8. The quantitative estimate of drug-likeness (QED) is 0.288. The Morgan fingerprint density at radius 3 is 2.73 bits per heavy atom. The van der Waals surface area contributed by atoms with E-state index in [1.165, 1.54) is 18.7 Å². The predicted octanol–water partition coefficient (Wildman–Crippen LogP) is 5.19. The number of rotatable bonds is 6. The summed E-state index contributed by atoms with van der Waals surface area (Å²) in [4.78, 5) is 32.1. The van der Waals surface area contributed by atoms with Crippen molar-refractivity contribution in [3.63, 3.8) is 0 Å². The maximum absolute atomic E-state index is 15.6. The molecule has 1 saturated heterocycles. The summed E-state index contributed by atoms with van der Waals surface area (Å²) in [5, 5.41) is 7.21. The summed E-state index contributed by atoms with van der Waals surface area (Å²) >= 11 is 0. The molecule has 2 bridgehead atoms. The van der Waals surface area contributed by atoms with Crippen LogP contribution in [0.15, 0.2) is 67.9 Å². The van der Waals surface area contributed by atoms with E-state index >= 15 is 4.39 Å². The molecule has 5 heterocycles. The van der Waals surface area contributed by atoms with E-state index in [0.29, 0.717) is 64.5 Å². The van der Waals surface area contributed by atoms with Gasteiger partial charge in [0.25, 0.3) is 0 Å². The molecule has 1 unspecified atom stereocenters. The van der Waals surface area contributed by atoms with Crippen LogP contribution in [0.1, 0.15) is 30.0 Å². The molecule has 1 N–H and O–H groups in total. The van der Waals surface area contributed by atoms with Gasteiger partial charge < -0.3 is 15.0 Å². The average molecular weight is 551 g/mol. The molecule has 0 spiro atoms. The molecule has 3 atom stereocenters. The second-order valence-electron chi connectivity index (χ2n) is 10.6. The zero-order valence-electron chi connectivity index (χ0n) is 22.4. The zero-order valence-corrected chi connectivity index (χ0v) is 22.4. The zero-order chi connectivity index (χ0) is 28.1. The number of hydrogen-bond donors (Lipinski definition) is 1. The summed E-state index contributed by atoms with van der Waals surface area (Å²) in [5.74, 6) is 1.79. The Kier molecular flexibility index (Phi) is 6.06. The number of fused-ring (bicyclic) bond motifs is 4. The summed E-state index contributed by atoms with van der Waals surface area (Å²) in [6, 6.07) is 10.8. The number of aromatic nitrogens is 6. The van der Waals surface area contributed by atoms with E-state index < -0.39 is 5.82 Å². The number of piperidine rings is 1. The van der Waals surface area contributed by atoms with Crippen LogP contribution in [0.3, 0.4) is 0 Å². The van der Waals surface area contributed by atoms with Gasteiger partial charge in [-0.05, 0) is 68.0 Å². The van der Waals surface area contributed by atoms with Crippen LogP contribution in [0.25, 0.3) is 16.7 Å². The number of nitrogens with one attached hydrogen (secondary N) is 1. The lowest BCUT2D eigenvalue weighted by atomic mass is 9.82. The molecule has 1 amide bonds. The molecule has 4 aromatic heterocycles. The number of ether oxygens (including phenoxy) is 1. The fourth-order valence-corrected chi connectivity index (χ4v) is 6.24. The second kappa shape index (κ2) is 9.92. The van der Waals surface area contributed by atoms with Crippen molar-refractivity contribution in [1.29, 1.82) is 0 Å². The largest absolute Gasteiger partial charge is 0.457 e. The second-order valence-corrected chi connectivity index (χ2v) is 10.6. The minimum Gasteiger partial charge on any atom is -0.457 e. The number of anilines is 2. The summed E-state index contributed by atoms with van der Waals surface area (Å²) < 4.78 is 23.2. The van der Waals surface area contributed by atoms with Gasteiger partial charge >= 0.3 is 0 Å². The van der Waals surface area contributed by atoms with Crippen LogP contribution in [-0.2, 0) is 4.79 Å². The highest BCUT2D eigenvalue weighted by molar-refractivity contribution is 5.88. The Morgan fingerprint density at radius 2 is 1.93 bits per heavy atom. The molecular weight excluding hydrogens is 523 g/mol. The van der Waals surface area contributed by atoms with Gasteiger partial charge in [0, 0.05) is 42.5 Å². The number of halogens is 1. The molecule has 1 saturated carbocycles. The lowest BCUT2D eigenvalue weighted by Gasteiger charge is -2.37. The number of benzene rings is 1. The molecule has 10 nitrogen and oxygen atoms in total. The van der Waals surface area contributed by atoms with Crippen LogP contribution in [0.5, 0.6) is 11.5 Å². The molecule has 41 heavy (non-hydrogen) atoms. The molecule has 7 rings (SSSR count). The molecule has 1 aliphatic heterocycles. The SMILES string of the molecule is C=CC(=O)N1C[C@H]2CC[C@@H](C1)C2c1ccc2ncnc(Nc3ccc(Oc4ccn5ncnc5c4)c(C)c3F)c2n1. The number of carbonyl (C=O) groups excluding carboxylic acids is 1. The lowest BCUT2D eigenvalue weighted by molar-refractivity contribution is -0.128. The van der Waals surface area contributed by atoms with Crippen LogP contribution < -0.4 is 10.1 Å². The normalized spacial score (nSPS) is 20.0. The Morgan fingerprint density at radius 1 is 1.10 bits per heavy atom. The van der Waals surface area contributed by atoms with Gasteiger partial charge in [0.1, 0.15) is 29.7 Å². The molecule has 5 aromatic rings. The van der Waals surface area contributed by atoms with Crippen molar-refractivity contribution >= 4 is 34.1 Å². The summed E-state index contributed by atoms with van der Waals surface area (Å²) in [5.41, 5.74) is 3.43. The molecule has 2 aliphatic rings. The Hall–Kier alpha value is -4.93. The van der Waals surface area contributed by atoms with Crippen LogP contribution in [0.2, 0.25) is 0 Å². The Balaban J connectivity index is 1.16. The summed E-state index contributed by atoms with van der Waals surface area (Å²) in [6.45, 7) is 6.71. The minimum atomic E-state index is -0.453. The van der Waals surface area contributed by atoms with E-state index in [-0.39, 0.29) is 17.5 Å². The Labute approximate surface area is 234 Å². The minimum absolute atomic E-state index is 0.0168. The number of pyridine rings is 2. The van der Waals surface area contributed by atoms with Gasteiger partial charge in [-0.15, -0.1) is 0 Å². The van der Waals surface area contributed by atoms with Crippen LogP contribution >= 0.6 is 0 Å². The van der Waals surface area contributed by atoms with Gasteiger partial charge in [-0.2, -0.15) is 5.10 Å². The lowest BCUT2D eigenvalue weighted by Crippen LogP contribution is -2.43. The van der Waals surface area contributed by atoms with Crippen molar-refractivity contribution in [3.8, 4) is 11.5 Å². The van der Waals surface area contributed by atoms with Gasteiger partial charge in [0.05, 0.1) is 11.2 Å². The molecule has 0 radical (unpaired) electrons. The van der Waals surface area contributed by atoms with E-state index in [1.807, 2.05) is 17.0 Å². The van der Waals surface area contributed by atoms with Crippen molar-refractivity contribution in [3.05, 3.63) is 85.0 Å². The highest BCUT2D eigenvalue weighted by atomic mass is 19.1. The van der Waals surface area contributed by atoms with Gasteiger partial charge in [0.15, 0.2) is 17.3 Å². The molecule has 1 aromatic carbocycles. The maximum atomic E-state index is 15.6. The maximum Gasteiger partial charge on any atom is 0.245 e. The third kappa shape index (κ3) is 4.43. The van der Waals surface area contributed by atoms with Crippen molar-refractivity contribution in [2.24, 2.45) is 11.8 Å². The first-order chi connectivity index (χ1) is 20.0. The number of carbonyl (C=O) groups is 1. The van der Waals surface area contributed by atoms with E-state index in [0.717, 1.165) is 18.5 Å². The number of nitrogens with zero attached hydrogens (tertiary/aromatic N) is 7. The summed E-state index contributed by atoms with van der Waals surface area (Å²) in [7, 11) is 0. The van der Waals surface area contributed by atoms with E-state index in [1.54, 1.807) is 41.9 Å². The van der Waals surface area contributed by atoms with E-state index in [4.69, 9.17) is 9.72 Å². The number of likely N-dealkylation sites (tertiary alicyclic amines) is 1. The fraction of sp³-hybridized carbons (Fsp3) is 0.267. The highest BCUT2D eigenvalue weighted by Gasteiger charge is 2.44. The molecule has 1 aliphatic carbocycles. The van der Waals surface area contributed by atoms with Gasteiger partial charge in [-0.1, -0.05) is 6.58 Å². The Bertz CT molecular complexity index is 1810. The highest BCUT2D eigenvalue weighted by Crippen LogP contribution is 2.48. The van der Waals surface area contributed by atoms with Gasteiger partial charge in [-0.25, -0.2) is 28.8 Å². The molecule has 11 heteroatoms.